The number of alkyl carbamates (subject to hydrolysis) is 1. The molecule has 1 N–H and O–H groups in total. The Bertz CT molecular complexity index is 622. The van der Waals surface area contributed by atoms with E-state index in [4.69, 9.17) is 14.2 Å². The van der Waals surface area contributed by atoms with Crippen LogP contribution in [-0.2, 0) is 9.47 Å². The summed E-state index contributed by atoms with van der Waals surface area (Å²) in [6.45, 7) is 6.25. The first kappa shape index (κ1) is 21.6. The fraction of sp³-hybridized carbons (Fsp3) is 0.550. The molecule has 1 aromatic rings. The van der Waals surface area contributed by atoms with E-state index in [2.05, 4.69) is 5.32 Å². The van der Waals surface area contributed by atoms with Crippen LogP contribution in [0.15, 0.2) is 41.1 Å². The lowest BCUT2D eigenvalue weighted by atomic mass is 10.2. The van der Waals surface area contributed by atoms with E-state index in [1.807, 2.05) is 24.3 Å². The van der Waals surface area contributed by atoms with E-state index in [9.17, 15) is 9.18 Å². The molecule has 0 saturated carbocycles. The summed E-state index contributed by atoms with van der Waals surface area (Å²) in [6.07, 6.45) is 2.48. The van der Waals surface area contributed by atoms with Gasteiger partial charge in [0.2, 0.25) is 0 Å². The standard InChI is InChI=1S/C20H28FNO4S/c1-20(2,3)26-19(23)22-12-15(11-21)13-25-16-6-8-18(9-7-16)27-14-17-5-4-10-24-17/h6-9,11,17H,4-5,10,12-14H2,1-3H3,(H,22,23)/b15-11+. The first-order valence-corrected chi connectivity index (χ1v) is 10.1. The van der Waals surface area contributed by atoms with Gasteiger partial charge in [0.25, 0.3) is 0 Å². The highest BCUT2D eigenvalue weighted by molar-refractivity contribution is 7.99. The molecule has 1 unspecified atom stereocenters. The molecule has 0 spiro atoms. The molecule has 0 radical (unpaired) electrons. The number of hydrogen-bond donors (Lipinski definition) is 1. The molecule has 1 aliphatic heterocycles. The van der Waals surface area contributed by atoms with Gasteiger partial charge in [-0.2, -0.15) is 0 Å². The summed E-state index contributed by atoms with van der Waals surface area (Å²) in [6, 6.07) is 7.67. The lowest BCUT2D eigenvalue weighted by molar-refractivity contribution is 0.0531. The first-order valence-electron chi connectivity index (χ1n) is 9.08. The molecule has 1 atom stereocenters. The van der Waals surface area contributed by atoms with E-state index in [0.29, 0.717) is 23.8 Å². The van der Waals surface area contributed by atoms with Crippen molar-refractivity contribution < 1.29 is 23.4 Å². The molecule has 1 heterocycles. The van der Waals surface area contributed by atoms with Gasteiger partial charge in [0, 0.05) is 29.4 Å². The van der Waals surface area contributed by atoms with Crippen molar-refractivity contribution in [2.75, 3.05) is 25.5 Å². The van der Waals surface area contributed by atoms with E-state index in [1.165, 1.54) is 0 Å². The summed E-state index contributed by atoms with van der Waals surface area (Å²) in [5.41, 5.74) is -0.276. The third-order valence-electron chi connectivity index (χ3n) is 3.72. The van der Waals surface area contributed by atoms with Gasteiger partial charge in [-0.1, -0.05) is 0 Å². The largest absolute Gasteiger partial charge is 0.489 e. The Morgan fingerprint density at radius 2 is 2.11 bits per heavy atom. The smallest absolute Gasteiger partial charge is 0.407 e. The molecule has 1 fully saturated rings. The number of rotatable bonds is 8. The second kappa shape index (κ2) is 10.6. The second-order valence-corrected chi connectivity index (χ2v) is 8.42. The summed E-state index contributed by atoms with van der Waals surface area (Å²) in [5.74, 6) is 1.60. The molecule has 27 heavy (non-hydrogen) atoms. The molecule has 2 rings (SSSR count). The lowest BCUT2D eigenvalue weighted by Gasteiger charge is -2.20. The predicted octanol–water partition coefficient (Wildman–Crippen LogP) is 4.71. The zero-order valence-electron chi connectivity index (χ0n) is 16.1. The number of carbonyl (C=O) groups is 1. The topological polar surface area (TPSA) is 56.8 Å². The van der Waals surface area contributed by atoms with Crippen LogP contribution in [-0.4, -0.2) is 43.3 Å². The van der Waals surface area contributed by atoms with E-state index < -0.39 is 11.7 Å². The van der Waals surface area contributed by atoms with Gasteiger partial charge in [-0.15, -0.1) is 11.8 Å². The Labute approximate surface area is 164 Å². The van der Waals surface area contributed by atoms with Crippen LogP contribution in [0.25, 0.3) is 0 Å². The molecular weight excluding hydrogens is 369 g/mol. The van der Waals surface area contributed by atoms with Gasteiger partial charge < -0.3 is 19.5 Å². The van der Waals surface area contributed by atoms with Gasteiger partial charge >= 0.3 is 6.09 Å². The molecule has 1 aromatic carbocycles. The first-order chi connectivity index (χ1) is 12.9. The zero-order chi connectivity index (χ0) is 19.7. The molecule has 1 aliphatic rings. The summed E-state index contributed by atoms with van der Waals surface area (Å²) < 4.78 is 29.3. The molecule has 1 saturated heterocycles. The van der Waals surface area contributed by atoms with Crippen LogP contribution in [0.5, 0.6) is 5.75 Å². The molecular formula is C20H28FNO4S. The Morgan fingerprint density at radius 1 is 1.37 bits per heavy atom. The van der Waals surface area contributed by atoms with Gasteiger partial charge in [0.15, 0.2) is 0 Å². The van der Waals surface area contributed by atoms with Crippen LogP contribution in [0, 0.1) is 0 Å². The molecule has 0 aliphatic carbocycles. The highest BCUT2D eigenvalue weighted by Crippen LogP contribution is 2.25. The normalized spacial score (nSPS) is 17.6. The average molecular weight is 398 g/mol. The molecule has 7 heteroatoms. The van der Waals surface area contributed by atoms with Gasteiger partial charge in [-0.05, 0) is 57.9 Å². The Hall–Kier alpha value is -1.73. The van der Waals surface area contributed by atoms with Crippen molar-refractivity contribution in [3.8, 4) is 5.75 Å². The van der Waals surface area contributed by atoms with Crippen LogP contribution in [0.2, 0.25) is 0 Å². The number of carbonyl (C=O) groups excluding carboxylic acids is 1. The van der Waals surface area contributed by atoms with Crippen LogP contribution in [0.1, 0.15) is 33.6 Å². The van der Waals surface area contributed by atoms with E-state index in [0.717, 1.165) is 30.1 Å². The highest BCUT2D eigenvalue weighted by atomic mass is 32.2. The predicted molar refractivity (Wildman–Crippen MR) is 105 cm³/mol. The Morgan fingerprint density at radius 3 is 2.70 bits per heavy atom. The van der Waals surface area contributed by atoms with Crippen LogP contribution in [0.4, 0.5) is 9.18 Å². The van der Waals surface area contributed by atoms with Gasteiger partial charge in [0.1, 0.15) is 18.0 Å². The van der Waals surface area contributed by atoms with E-state index >= 15 is 0 Å². The lowest BCUT2D eigenvalue weighted by Crippen LogP contribution is -2.34. The van der Waals surface area contributed by atoms with Crippen molar-refractivity contribution >= 4 is 17.9 Å². The van der Waals surface area contributed by atoms with Crippen molar-refractivity contribution in [2.45, 2.75) is 50.2 Å². The Balaban J connectivity index is 1.71. The summed E-state index contributed by atoms with van der Waals surface area (Å²) >= 11 is 1.76. The zero-order valence-corrected chi connectivity index (χ0v) is 16.9. The van der Waals surface area contributed by atoms with Crippen molar-refractivity contribution in [3.05, 3.63) is 36.2 Å². The molecule has 5 nitrogen and oxygen atoms in total. The molecule has 150 valence electrons. The summed E-state index contributed by atoms with van der Waals surface area (Å²) in [4.78, 5) is 12.8. The van der Waals surface area contributed by atoms with Crippen molar-refractivity contribution in [1.29, 1.82) is 0 Å². The number of amides is 1. The number of halogens is 1. The maximum absolute atomic E-state index is 13.0. The van der Waals surface area contributed by atoms with Crippen LogP contribution < -0.4 is 10.1 Å². The third-order valence-corrected chi connectivity index (χ3v) is 4.86. The fourth-order valence-electron chi connectivity index (χ4n) is 2.39. The minimum absolute atomic E-state index is 0.0285. The van der Waals surface area contributed by atoms with Crippen molar-refractivity contribution in [1.82, 2.24) is 5.32 Å². The summed E-state index contributed by atoms with van der Waals surface area (Å²) in [7, 11) is 0. The van der Waals surface area contributed by atoms with E-state index in [1.54, 1.807) is 32.5 Å². The van der Waals surface area contributed by atoms with Crippen molar-refractivity contribution in [3.63, 3.8) is 0 Å². The Kier molecular flexibility index (Phi) is 8.44. The van der Waals surface area contributed by atoms with Crippen LogP contribution >= 0.6 is 11.8 Å². The average Bonchev–Trinajstić information content (AvgIpc) is 3.13. The SMILES string of the molecule is CC(C)(C)OC(=O)NC/C(=C\F)COc1ccc(SCC2CCCO2)cc1. The number of benzene rings is 1. The fourth-order valence-corrected chi connectivity index (χ4v) is 3.36. The minimum atomic E-state index is -0.593. The maximum atomic E-state index is 13.0. The quantitative estimate of drug-likeness (QED) is 0.644. The molecule has 0 aromatic heterocycles. The van der Waals surface area contributed by atoms with E-state index in [-0.39, 0.29) is 13.2 Å². The third kappa shape index (κ3) is 8.67. The number of nitrogens with one attached hydrogen (secondary N) is 1. The maximum Gasteiger partial charge on any atom is 0.407 e. The highest BCUT2D eigenvalue weighted by Gasteiger charge is 2.16. The van der Waals surface area contributed by atoms with Gasteiger partial charge in [-0.25, -0.2) is 9.18 Å². The monoisotopic (exact) mass is 397 g/mol. The number of ether oxygens (including phenoxy) is 3. The van der Waals surface area contributed by atoms with Crippen molar-refractivity contribution in [2.24, 2.45) is 0 Å². The minimum Gasteiger partial charge on any atom is -0.489 e. The summed E-state index contributed by atoms with van der Waals surface area (Å²) in [5, 5.41) is 2.51. The number of hydrogen-bond acceptors (Lipinski definition) is 5. The number of thioether (sulfide) groups is 1. The molecule has 1 amide bonds. The van der Waals surface area contributed by atoms with Gasteiger partial charge in [0.05, 0.1) is 12.4 Å². The second-order valence-electron chi connectivity index (χ2n) is 7.33. The molecule has 0 bridgehead atoms. The van der Waals surface area contributed by atoms with Gasteiger partial charge in [-0.3, -0.25) is 0 Å². The van der Waals surface area contributed by atoms with Crippen LogP contribution in [0.3, 0.4) is 0 Å².